The van der Waals surface area contributed by atoms with Crippen LogP contribution in [-0.2, 0) is 10.9 Å². The van der Waals surface area contributed by atoms with Crippen molar-refractivity contribution in [3.63, 3.8) is 0 Å². The highest BCUT2D eigenvalue weighted by Crippen LogP contribution is 2.40. The van der Waals surface area contributed by atoms with E-state index in [2.05, 4.69) is 5.32 Å². The van der Waals surface area contributed by atoms with Crippen molar-refractivity contribution in [3.8, 4) is 11.1 Å². The first-order valence-corrected chi connectivity index (χ1v) is 8.43. The quantitative estimate of drug-likeness (QED) is 0.840. The summed E-state index contributed by atoms with van der Waals surface area (Å²) >= 11 is 6.09. The van der Waals surface area contributed by atoms with E-state index < -0.39 is 17.3 Å². The second-order valence-corrected chi connectivity index (χ2v) is 7.08. The molecule has 2 heterocycles. The summed E-state index contributed by atoms with van der Waals surface area (Å²) in [6.07, 6.45) is -4.42. The lowest BCUT2D eigenvalue weighted by atomic mass is 10.0. The lowest BCUT2D eigenvalue weighted by molar-refractivity contribution is -0.171. The third-order valence-electron chi connectivity index (χ3n) is 4.63. The molecule has 1 saturated heterocycles. The van der Waals surface area contributed by atoms with Crippen LogP contribution in [0.3, 0.4) is 0 Å². The lowest BCUT2D eigenvalue weighted by Gasteiger charge is -2.39. The molecule has 4 nitrogen and oxygen atoms in total. The normalized spacial score (nSPS) is 18.3. The first-order valence-electron chi connectivity index (χ1n) is 8.05. The molecular formula is C18H16ClF3N2O2. The fourth-order valence-electron chi connectivity index (χ4n) is 3.24. The molecule has 2 aromatic rings. The number of hydrogen-bond acceptors (Lipinski definition) is 4. The Morgan fingerprint density at radius 3 is 2.58 bits per heavy atom. The van der Waals surface area contributed by atoms with Crippen molar-refractivity contribution in [1.29, 1.82) is 0 Å². The van der Waals surface area contributed by atoms with Gasteiger partial charge < -0.3 is 20.1 Å². The van der Waals surface area contributed by atoms with Crippen molar-refractivity contribution < 1.29 is 23.0 Å². The van der Waals surface area contributed by atoms with Gasteiger partial charge in [-0.2, -0.15) is 13.2 Å². The van der Waals surface area contributed by atoms with Crippen LogP contribution in [0.15, 0.2) is 36.4 Å². The second kappa shape index (κ2) is 6.04. The van der Waals surface area contributed by atoms with Gasteiger partial charge in [-0.25, -0.2) is 0 Å². The Morgan fingerprint density at radius 2 is 1.96 bits per heavy atom. The number of halogens is 4. The number of nitrogens with one attached hydrogen (secondary N) is 1. The van der Waals surface area contributed by atoms with Gasteiger partial charge in [0.2, 0.25) is 0 Å². The monoisotopic (exact) mass is 384 g/mol. The van der Waals surface area contributed by atoms with Crippen LogP contribution >= 0.6 is 11.6 Å². The van der Waals surface area contributed by atoms with E-state index in [1.165, 1.54) is 6.07 Å². The van der Waals surface area contributed by atoms with E-state index in [1.807, 2.05) is 23.1 Å². The van der Waals surface area contributed by atoms with Crippen LogP contribution in [0.25, 0.3) is 11.1 Å². The summed E-state index contributed by atoms with van der Waals surface area (Å²) in [5.41, 5.74) is 1.43. The van der Waals surface area contributed by atoms with Crippen molar-refractivity contribution >= 4 is 23.0 Å². The Balaban J connectivity index is 1.60. The van der Waals surface area contributed by atoms with Crippen LogP contribution < -0.4 is 10.2 Å². The molecule has 0 aromatic heterocycles. The van der Waals surface area contributed by atoms with Gasteiger partial charge in [0.15, 0.2) is 0 Å². The van der Waals surface area contributed by atoms with Crippen LogP contribution in [0.1, 0.15) is 5.56 Å². The zero-order chi connectivity index (χ0) is 18.5. The van der Waals surface area contributed by atoms with Gasteiger partial charge >= 0.3 is 6.18 Å². The van der Waals surface area contributed by atoms with Crippen LogP contribution in [-0.4, -0.2) is 37.1 Å². The molecular weight excluding hydrogens is 369 g/mol. The first-order chi connectivity index (χ1) is 12.3. The Hall–Kier alpha value is -1.96. The molecule has 0 aliphatic carbocycles. The van der Waals surface area contributed by atoms with Gasteiger partial charge in [-0.15, -0.1) is 0 Å². The Morgan fingerprint density at radius 1 is 1.19 bits per heavy atom. The number of β-amino-alcohol motifs (C(OH)–C–C–N with tert-alkyl or cyclic N) is 1. The van der Waals surface area contributed by atoms with Crippen molar-refractivity contribution in [1.82, 2.24) is 0 Å². The number of hydrogen-bond donors (Lipinski definition) is 2. The summed E-state index contributed by atoms with van der Waals surface area (Å²) in [5, 5.41) is 13.5. The molecule has 2 aliphatic heterocycles. The summed E-state index contributed by atoms with van der Waals surface area (Å²) in [4.78, 5) is 2.01. The average molecular weight is 385 g/mol. The number of fused-ring (bicyclic) bond motifs is 1. The summed E-state index contributed by atoms with van der Waals surface area (Å²) in [6, 6.07) is 8.89. The van der Waals surface area contributed by atoms with E-state index in [9.17, 15) is 18.3 Å². The number of benzene rings is 2. The lowest BCUT2D eigenvalue weighted by Crippen LogP contribution is -2.57. The molecule has 2 aliphatic rings. The van der Waals surface area contributed by atoms with E-state index >= 15 is 0 Å². The zero-order valence-electron chi connectivity index (χ0n) is 13.6. The van der Waals surface area contributed by atoms with Crippen molar-refractivity contribution in [2.45, 2.75) is 11.8 Å². The molecule has 1 fully saturated rings. The molecule has 0 saturated carbocycles. The predicted molar refractivity (Wildman–Crippen MR) is 93.5 cm³/mol. The third kappa shape index (κ3) is 3.11. The molecule has 0 bridgehead atoms. The Kier molecular flexibility index (Phi) is 4.06. The zero-order valence-corrected chi connectivity index (χ0v) is 14.4. The van der Waals surface area contributed by atoms with Gasteiger partial charge in [0, 0.05) is 10.6 Å². The molecule has 8 heteroatoms. The van der Waals surface area contributed by atoms with Crippen LogP contribution in [0, 0.1) is 0 Å². The fraction of sp³-hybridized carbons (Fsp3) is 0.333. The topological polar surface area (TPSA) is 44.7 Å². The van der Waals surface area contributed by atoms with E-state index in [0.29, 0.717) is 32.0 Å². The van der Waals surface area contributed by atoms with Gasteiger partial charge in [0.05, 0.1) is 43.4 Å². The molecule has 26 heavy (non-hydrogen) atoms. The van der Waals surface area contributed by atoms with Gasteiger partial charge in [-0.05, 0) is 29.8 Å². The maximum Gasteiger partial charge on any atom is 0.416 e. The molecule has 4 rings (SSSR count). The number of anilines is 2. The van der Waals surface area contributed by atoms with Gasteiger partial charge in [-0.1, -0.05) is 23.7 Å². The van der Waals surface area contributed by atoms with Crippen LogP contribution in [0.5, 0.6) is 0 Å². The van der Waals surface area contributed by atoms with Gasteiger partial charge in [0.25, 0.3) is 0 Å². The van der Waals surface area contributed by atoms with Crippen LogP contribution in [0.4, 0.5) is 24.5 Å². The summed E-state index contributed by atoms with van der Waals surface area (Å²) in [5.74, 6) is 0. The number of alkyl halides is 3. The number of ether oxygens (including phenoxy) is 1. The maximum absolute atomic E-state index is 12.8. The van der Waals surface area contributed by atoms with E-state index in [0.717, 1.165) is 29.1 Å². The Labute approximate surface area is 153 Å². The van der Waals surface area contributed by atoms with Crippen LogP contribution in [0.2, 0.25) is 5.02 Å². The minimum atomic E-state index is -4.42. The number of nitrogens with zero attached hydrogens (tertiary/aromatic N) is 1. The number of rotatable bonds is 3. The van der Waals surface area contributed by atoms with E-state index in [1.54, 1.807) is 0 Å². The minimum absolute atomic E-state index is 0.0514. The summed E-state index contributed by atoms with van der Waals surface area (Å²) in [7, 11) is 0. The molecule has 138 valence electrons. The SMILES string of the molecule is OC1(CN2CNc3cc(-c4ccc(C(F)(F)F)cc4Cl)ccc32)COC1. The summed E-state index contributed by atoms with van der Waals surface area (Å²) < 4.78 is 43.4. The number of aliphatic hydroxyl groups is 1. The van der Waals surface area contributed by atoms with Gasteiger partial charge in [0.1, 0.15) is 5.60 Å². The smallest absolute Gasteiger partial charge is 0.383 e. The predicted octanol–water partition coefficient (Wildman–Crippen LogP) is 3.98. The Bertz CT molecular complexity index is 853. The summed E-state index contributed by atoms with van der Waals surface area (Å²) in [6.45, 7) is 1.63. The van der Waals surface area contributed by atoms with E-state index in [4.69, 9.17) is 16.3 Å². The molecule has 0 unspecified atom stereocenters. The average Bonchev–Trinajstić information content (AvgIpc) is 2.94. The molecule has 0 radical (unpaired) electrons. The highest BCUT2D eigenvalue weighted by atomic mass is 35.5. The second-order valence-electron chi connectivity index (χ2n) is 6.67. The molecule has 2 N–H and O–H groups in total. The standard InChI is InChI=1S/C18H16ClF3N2O2/c19-14-6-12(18(20,21)22)2-3-13(14)11-1-4-16-15(5-11)23-10-24(16)7-17(25)8-26-9-17/h1-6,23,25H,7-10H2. The largest absolute Gasteiger partial charge is 0.416 e. The third-order valence-corrected chi connectivity index (χ3v) is 4.94. The first kappa shape index (κ1) is 17.5. The van der Waals surface area contributed by atoms with Crippen molar-refractivity contribution in [3.05, 3.63) is 47.0 Å². The molecule has 0 atom stereocenters. The highest BCUT2D eigenvalue weighted by Gasteiger charge is 2.39. The van der Waals surface area contributed by atoms with Crippen molar-refractivity contribution in [2.24, 2.45) is 0 Å². The molecule has 2 aromatic carbocycles. The van der Waals surface area contributed by atoms with Crippen molar-refractivity contribution in [2.75, 3.05) is 36.6 Å². The van der Waals surface area contributed by atoms with Gasteiger partial charge in [-0.3, -0.25) is 0 Å². The fourth-order valence-corrected chi connectivity index (χ4v) is 3.53. The highest BCUT2D eigenvalue weighted by molar-refractivity contribution is 6.33. The van der Waals surface area contributed by atoms with E-state index in [-0.39, 0.29) is 5.02 Å². The maximum atomic E-state index is 12.8. The molecule has 0 amide bonds. The minimum Gasteiger partial charge on any atom is -0.383 e. The molecule has 0 spiro atoms.